The van der Waals surface area contributed by atoms with Gasteiger partial charge in [0.15, 0.2) is 11.5 Å². The summed E-state index contributed by atoms with van der Waals surface area (Å²) >= 11 is 0. The minimum atomic E-state index is 0.623. The summed E-state index contributed by atoms with van der Waals surface area (Å²) in [4.78, 5) is 0. The second-order valence-corrected chi connectivity index (χ2v) is 5.10. The predicted molar refractivity (Wildman–Crippen MR) is 71.5 cm³/mol. The van der Waals surface area contributed by atoms with Crippen LogP contribution in [0.3, 0.4) is 0 Å². The van der Waals surface area contributed by atoms with Gasteiger partial charge in [-0.05, 0) is 43.0 Å². The molecular formula is C15H21NO2. The molecule has 1 heterocycles. The van der Waals surface area contributed by atoms with Crippen molar-refractivity contribution >= 4 is 0 Å². The van der Waals surface area contributed by atoms with Gasteiger partial charge in [-0.1, -0.05) is 19.4 Å². The van der Waals surface area contributed by atoms with E-state index in [0.29, 0.717) is 25.2 Å². The summed E-state index contributed by atoms with van der Waals surface area (Å²) < 4.78 is 11.2. The Morgan fingerprint density at radius 3 is 2.83 bits per heavy atom. The van der Waals surface area contributed by atoms with Crippen LogP contribution in [0.5, 0.6) is 11.5 Å². The molecule has 0 amide bonds. The predicted octanol–water partition coefficient (Wildman–Crippen LogP) is 2.70. The second kappa shape index (κ2) is 5.19. The number of hydrogen-bond donors (Lipinski definition) is 1. The zero-order valence-electron chi connectivity index (χ0n) is 10.9. The van der Waals surface area contributed by atoms with Crippen molar-refractivity contribution in [1.29, 1.82) is 0 Å². The van der Waals surface area contributed by atoms with Gasteiger partial charge in [0.2, 0.25) is 0 Å². The number of fused-ring (bicyclic) bond motifs is 1. The Morgan fingerprint density at radius 1 is 1.17 bits per heavy atom. The lowest BCUT2D eigenvalue weighted by molar-refractivity contribution is 0.171. The molecule has 2 aliphatic rings. The van der Waals surface area contributed by atoms with Gasteiger partial charge in [0.1, 0.15) is 13.2 Å². The fourth-order valence-corrected chi connectivity index (χ4v) is 3.16. The summed E-state index contributed by atoms with van der Waals surface area (Å²) in [5, 5.41) is 3.60. The third-order valence-electron chi connectivity index (χ3n) is 3.98. The van der Waals surface area contributed by atoms with Gasteiger partial charge < -0.3 is 14.8 Å². The van der Waals surface area contributed by atoms with Crippen LogP contribution < -0.4 is 14.8 Å². The monoisotopic (exact) mass is 247 g/mol. The molecule has 3 nitrogen and oxygen atoms in total. The lowest BCUT2D eigenvalue weighted by Gasteiger charge is -2.24. The smallest absolute Gasteiger partial charge is 0.161 e. The molecule has 2 atom stereocenters. The normalized spacial score (nSPS) is 26.3. The van der Waals surface area contributed by atoms with Crippen LogP contribution in [0.4, 0.5) is 0 Å². The molecule has 2 unspecified atom stereocenters. The van der Waals surface area contributed by atoms with E-state index in [9.17, 15) is 0 Å². The van der Waals surface area contributed by atoms with Gasteiger partial charge in [0.25, 0.3) is 0 Å². The Hall–Kier alpha value is -1.22. The van der Waals surface area contributed by atoms with Crippen molar-refractivity contribution in [3.05, 3.63) is 23.8 Å². The van der Waals surface area contributed by atoms with Crippen LogP contribution in [0.1, 0.15) is 37.7 Å². The van der Waals surface area contributed by atoms with E-state index < -0.39 is 0 Å². The van der Waals surface area contributed by atoms with E-state index >= 15 is 0 Å². The summed E-state index contributed by atoms with van der Waals surface area (Å²) in [6, 6.07) is 7.06. The first-order valence-corrected chi connectivity index (χ1v) is 7.01. The molecule has 3 heteroatoms. The first kappa shape index (κ1) is 11.8. The lowest BCUT2D eigenvalue weighted by atomic mass is 9.93. The Labute approximate surface area is 108 Å². The fraction of sp³-hybridized carbons (Fsp3) is 0.600. The minimum absolute atomic E-state index is 0.623. The molecule has 1 aromatic carbocycles. The highest BCUT2D eigenvalue weighted by atomic mass is 16.6. The van der Waals surface area contributed by atoms with E-state index in [1.54, 1.807) is 0 Å². The summed E-state index contributed by atoms with van der Waals surface area (Å²) in [6.45, 7) is 4.55. The van der Waals surface area contributed by atoms with Crippen molar-refractivity contribution in [2.45, 2.75) is 38.1 Å². The number of hydrogen-bond acceptors (Lipinski definition) is 3. The molecule has 0 bridgehead atoms. The molecule has 3 rings (SSSR count). The van der Waals surface area contributed by atoms with Crippen LogP contribution in [-0.4, -0.2) is 25.8 Å². The molecular weight excluding hydrogens is 226 g/mol. The van der Waals surface area contributed by atoms with Crippen molar-refractivity contribution in [1.82, 2.24) is 5.32 Å². The fourth-order valence-electron chi connectivity index (χ4n) is 3.16. The second-order valence-electron chi connectivity index (χ2n) is 5.10. The van der Waals surface area contributed by atoms with E-state index in [2.05, 4.69) is 30.4 Å². The number of ether oxygens (including phenoxy) is 2. The van der Waals surface area contributed by atoms with Gasteiger partial charge in [-0.15, -0.1) is 0 Å². The maximum atomic E-state index is 5.67. The van der Waals surface area contributed by atoms with Crippen molar-refractivity contribution in [2.24, 2.45) is 0 Å². The van der Waals surface area contributed by atoms with E-state index in [-0.39, 0.29) is 0 Å². The Morgan fingerprint density at radius 2 is 2.00 bits per heavy atom. The van der Waals surface area contributed by atoms with Crippen molar-refractivity contribution < 1.29 is 9.47 Å². The topological polar surface area (TPSA) is 30.5 Å². The molecule has 0 radical (unpaired) electrons. The highest BCUT2D eigenvalue weighted by Gasteiger charge is 2.28. The van der Waals surface area contributed by atoms with Gasteiger partial charge >= 0.3 is 0 Å². The molecule has 1 aromatic rings. The molecule has 1 aliphatic carbocycles. The van der Waals surface area contributed by atoms with Gasteiger partial charge in [0, 0.05) is 6.04 Å². The molecule has 18 heavy (non-hydrogen) atoms. The van der Waals surface area contributed by atoms with E-state index in [1.807, 2.05) is 0 Å². The third-order valence-corrected chi connectivity index (χ3v) is 3.98. The molecule has 1 saturated carbocycles. The lowest BCUT2D eigenvalue weighted by Crippen LogP contribution is -2.31. The van der Waals surface area contributed by atoms with Crippen LogP contribution >= 0.6 is 0 Å². The number of likely N-dealkylation sites (N-methyl/N-ethyl adjacent to an activating group) is 1. The SMILES string of the molecule is CCNC1CCCC1c1ccc2c(c1)OCCO2. The average molecular weight is 247 g/mol. The molecule has 98 valence electrons. The molecule has 0 spiro atoms. The van der Waals surface area contributed by atoms with Crippen LogP contribution in [-0.2, 0) is 0 Å². The Kier molecular flexibility index (Phi) is 3.41. The van der Waals surface area contributed by atoms with Crippen LogP contribution in [0.25, 0.3) is 0 Å². The quantitative estimate of drug-likeness (QED) is 0.891. The van der Waals surface area contributed by atoms with Gasteiger partial charge in [-0.25, -0.2) is 0 Å². The highest BCUT2D eigenvalue weighted by molar-refractivity contribution is 5.45. The van der Waals surface area contributed by atoms with E-state index in [4.69, 9.17) is 9.47 Å². The molecule has 0 saturated heterocycles. The maximum Gasteiger partial charge on any atom is 0.161 e. The first-order valence-electron chi connectivity index (χ1n) is 7.01. The average Bonchev–Trinajstić information content (AvgIpc) is 2.87. The summed E-state index contributed by atoms with van der Waals surface area (Å²) in [5.74, 6) is 2.43. The van der Waals surface area contributed by atoms with Crippen LogP contribution in [0.2, 0.25) is 0 Å². The molecule has 1 fully saturated rings. The van der Waals surface area contributed by atoms with Crippen molar-refractivity contribution in [3.63, 3.8) is 0 Å². The standard InChI is InChI=1S/C15H21NO2/c1-2-16-13-5-3-4-12(13)11-6-7-14-15(10-11)18-9-8-17-14/h6-7,10,12-13,16H,2-5,8-9H2,1H3. The summed E-state index contributed by atoms with van der Waals surface area (Å²) in [5.41, 5.74) is 1.39. The first-order chi connectivity index (χ1) is 8.88. The van der Waals surface area contributed by atoms with Crippen LogP contribution in [0, 0.1) is 0 Å². The van der Waals surface area contributed by atoms with Crippen LogP contribution in [0.15, 0.2) is 18.2 Å². The largest absolute Gasteiger partial charge is 0.486 e. The summed E-state index contributed by atoms with van der Waals surface area (Å²) in [7, 11) is 0. The van der Waals surface area contributed by atoms with E-state index in [1.165, 1.54) is 24.8 Å². The van der Waals surface area contributed by atoms with Crippen molar-refractivity contribution in [3.8, 4) is 11.5 Å². The molecule has 0 aromatic heterocycles. The van der Waals surface area contributed by atoms with Gasteiger partial charge in [-0.2, -0.15) is 0 Å². The number of rotatable bonds is 3. The Bertz CT molecular complexity index is 419. The number of benzene rings is 1. The van der Waals surface area contributed by atoms with E-state index in [0.717, 1.165) is 18.0 Å². The zero-order valence-corrected chi connectivity index (χ0v) is 10.9. The molecule has 1 N–H and O–H groups in total. The minimum Gasteiger partial charge on any atom is -0.486 e. The van der Waals surface area contributed by atoms with Gasteiger partial charge in [0.05, 0.1) is 0 Å². The number of nitrogens with one attached hydrogen (secondary N) is 1. The zero-order chi connectivity index (χ0) is 12.4. The Balaban J connectivity index is 1.83. The maximum absolute atomic E-state index is 5.67. The molecule has 1 aliphatic heterocycles. The summed E-state index contributed by atoms with van der Waals surface area (Å²) in [6.07, 6.45) is 3.88. The van der Waals surface area contributed by atoms with Gasteiger partial charge in [-0.3, -0.25) is 0 Å². The highest BCUT2D eigenvalue weighted by Crippen LogP contribution is 2.39. The third kappa shape index (κ3) is 2.19. The van der Waals surface area contributed by atoms with Crippen molar-refractivity contribution in [2.75, 3.05) is 19.8 Å².